The van der Waals surface area contributed by atoms with Gasteiger partial charge in [0.15, 0.2) is 5.88 Å². The van der Waals surface area contributed by atoms with Gasteiger partial charge in [0.1, 0.15) is 5.82 Å². The average molecular weight is 495 g/mol. The lowest BCUT2D eigenvalue weighted by Gasteiger charge is -2.24. The van der Waals surface area contributed by atoms with Crippen molar-refractivity contribution >= 4 is 38.0 Å². The molecule has 0 unspecified atom stereocenters. The van der Waals surface area contributed by atoms with E-state index < -0.39 is 15.8 Å². The number of rotatable bonds is 8. The van der Waals surface area contributed by atoms with Crippen LogP contribution in [0.25, 0.3) is 10.9 Å². The first kappa shape index (κ1) is 24.4. The molecule has 0 aliphatic heterocycles. The Morgan fingerprint density at radius 3 is 2.31 bits per heavy atom. The van der Waals surface area contributed by atoms with Gasteiger partial charge in [-0.2, -0.15) is 0 Å². The van der Waals surface area contributed by atoms with E-state index in [0.29, 0.717) is 46.6 Å². The molecule has 4 rings (SSSR count). The van der Waals surface area contributed by atoms with Crippen molar-refractivity contribution in [1.82, 2.24) is 9.88 Å². The van der Waals surface area contributed by atoms with E-state index in [4.69, 9.17) is 4.99 Å². The number of fused-ring (bicyclic) bond motifs is 1. The summed E-state index contributed by atoms with van der Waals surface area (Å²) in [6.45, 7) is 0.898. The number of sulfonamides is 1. The van der Waals surface area contributed by atoms with Crippen LogP contribution in [0.15, 0.2) is 77.8 Å². The van der Waals surface area contributed by atoms with Crippen LogP contribution in [0, 0.1) is 5.82 Å². The molecule has 0 bridgehead atoms. The van der Waals surface area contributed by atoms with Gasteiger partial charge in [-0.25, -0.2) is 17.8 Å². The number of aromatic nitrogens is 1. The number of H-pyrrole nitrogens is 1. The van der Waals surface area contributed by atoms with Crippen molar-refractivity contribution < 1.29 is 17.9 Å². The average Bonchev–Trinajstić information content (AvgIpc) is 3.12. The standard InChI is InChI=1S/C26H27FN4O3S/c1-30(2)15-16-31(35(3,33)34)21-12-10-20(11-13-21)28-25(18-7-5-4-6-8-18)24-22-14-9-19(27)17-23(22)29-26(24)32/h4-14,17,29,32H,15-16H2,1-3H3. The Morgan fingerprint density at radius 2 is 1.69 bits per heavy atom. The molecule has 0 saturated carbocycles. The highest BCUT2D eigenvalue weighted by Gasteiger charge is 2.20. The molecule has 35 heavy (non-hydrogen) atoms. The third-order valence-electron chi connectivity index (χ3n) is 5.55. The minimum absolute atomic E-state index is 0.114. The van der Waals surface area contributed by atoms with Crippen LogP contribution in [0.2, 0.25) is 0 Å². The lowest BCUT2D eigenvalue weighted by Crippen LogP contribution is -2.35. The van der Waals surface area contributed by atoms with Crippen LogP contribution in [0.1, 0.15) is 11.1 Å². The van der Waals surface area contributed by atoms with Crippen molar-refractivity contribution in [2.45, 2.75) is 0 Å². The minimum atomic E-state index is -3.46. The van der Waals surface area contributed by atoms with Gasteiger partial charge in [-0.1, -0.05) is 30.3 Å². The van der Waals surface area contributed by atoms with E-state index in [9.17, 15) is 17.9 Å². The Morgan fingerprint density at radius 1 is 1.00 bits per heavy atom. The van der Waals surface area contributed by atoms with Crippen LogP contribution >= 0.6 is 0 Å². The number of aliphatic imine (C=N–C) groups is 1. The maximum Gasteiger partial charge on any atom is 0.232 e. The molecule has 182 valence electrons. The van der Waals surface area contributed by atoms with Crippen molar-refractivity contribution in [3.63, 3.8) is 0 Å². The number of likely N-dealkylation sites (N-methyl/N-ethyl adjacent to an activating group) is 1. The molecule has 2 N–H and O–H groups in total. The van der Waals surface area contributed by atoms with Gasteiger partial charge < -0.3 is 15.0 Å². The summed E-state index contributed by atoms with van der Waals surface area (Å²) in [5.74, 6) is -0.527. The van der Waals surface area contributed by atoms with Crippen molar-refractivity contribution in [2.75, 3.05) is 37.7 Å². The van der Waals surface area contributed by atoms with E-state index >= 15 is 0 Å². The molecular formula is C26H27FN4O3S. The van der Waals surface area contributed by atoms with Crippen molar-refractivity contribution in [2.24, 2.45) is 4.99 Å². The number of halogens is 1. The molecule has 0 saturated heterocycles. The molecule has 9 heteroatoms. The van der Waals surface area contributed by atoms with E-state index in [1.54, 1.807) is 30.3 Å². The van der Waals surface area contributed by atoms with Gasteiger partial charge in [0.05, 0.1) is 34.4 Å². The summed E-state index contributed by atoms with van der Waals surface area (Å²) in [6, 6.07) is 20.5. The molecule has 4 aromatic rings. The fourth-order valence-electron chi connectivity index (χ4n) is 3.86. The Hall–Kier alpha value is -3.69. The monoisotopic (exact) mass is 494 g/mol. The fourth-order valence-corrected chi connectivity index (χ4v) is 4.77. The predicted molar refractivity (Wildman–Crippen MR) is 139 cm³/mol. The van der Waals surface area contributed by atoms with Gasteiger partial charge in [0.2, 0.25) is 10.0 Å². The summed E-state index contributed by atoms with van der Waals surface area (Å²) in [5.41, 5.74) is 3.30. The van der Waals surface area contributed by atoms with Crippen LogP contribution in [0.3, 0.4) is 0 Å². The van der Waals surface area contributed by atoms with Gasteiger partial charge in [0.25, 0.3) is 0 Å². The fraction of sp³-hybridized carbons (Fsp3) is 0.192. The molecular weight excluding hydrogens is 467 g/mol. The Kier molecular flexibility index (Phi) is 6.90. The van der Waals surface area contributed by atoms with Crippen LogP contribution in [-0.4, -0.2) is 62.6 Å². The van der Waals surface area contributed by atoms with Gasteiger partial charge in [-0.15, -0.1) is 0 Å². The third kappa shape index (κ3) is 5.52. The molecule has 1 heterocycles. The summed E-state index contributed by atoms with van der Waals surface area (Å²) in [6.07, 6.45) is 1.19. The smallest absolute Gasteiger partial charge is 0.232 e. The van der Waals surface area contributed by atoms with Crippen LogP contribution in [0.5, 0.6) is 5.88 Å². The molecule has 0 aliphatic rings. The first-order valence-electron chi connectivity index (χ1n) is 11.0. The molecule has 0 spiro atoms. The van der Waals surface area contributed by atoms with Crippen molar-refractivity contribution in [1.29, 1.82) is 0 Å². The van der Waals surface area contributed by atoms with Gasteiger partial charge in [0, 0.05) is 24.0 Å². The number of aromatic hydroxyl groups is 1. The minimum Gasteiger partial charge on any atom is -0.494 e. The predicted octanol–water partition coefficient (Wildman–Crippen LogP) is 4.51. The summed E-state index contributed by atoms with van der Waals surface area (Å²) in [5, 5.41) is 11.3. The molecule has 0 fully saturated rings. The Labute approximate surface area is 204 Å². The lowest BCUT2D eigenvalue weighted by atomic mass is 10.0. The van der Waals surface area contributed by atoms with Gasteiger partial charge in [-0.3, -0.25) is 4.31 Å². The van der Waals surface area contributed by atoms with E-state index in [2.05, 4.69) is 4.98 Å². The van der Waals surface area contributed by atoms with E-state index in [0.717, 1.165) is 5.56 Å². The topological polar surface area (TPSA) is 89.0 Å². The third-order valence-corrected chi connectivity index (χ3v) is 6.75. The number of nitrogens with one attached hydrogen (secondary N) is 1. The second kappa shape index (κ2) is 9.89. The second-order valence-corrected chi connectivity index (χ2v) is 10.4. The van der Waals surface area contributed by atoms with Crippen LogP contribution in [0.4, 0.5) is 15.8 Å². The number of benzene rings is 3. The van der Waals surface area contributed by atoms with E-state index in [1.807, 2.05) is 49.3 Å². The van der Waals surface area contributed by atoms with Gasteiger partial charge in [-0.05, 0) is 56.6 Å². The molecule has 0 aliphatic carbocycles. The Balaban J connectivity index is 1.79. The van der Waals surface area contributed by atoms with Crippen molar-refractivity contribution in [3.8, 4) is 5.88 Å². The Bertz CT molecular complexity index is 1460. The number of nitrogens with zero attached hydrogens (tertiary/aromatic N) is 3. The molecule has 3 aromatic carbocycles. The molecule has 0 amide bonds. The summed E-state index contributed by atoms with van der Waals surface area (Å²) < 4.78 is 39.8. The maximum absolute atomic E-state index is 13.8. The first-order valence-corrected chi connectivity index (χ1v) is 12.9. The molecule has 0 atom stereocenters. The first-order chi connectivity index (χ1) is 16.6. The van der Waals surface area contributed by atoms with Crippen molar-refractivity contribution in [3.05, 3.63) is 89.7 Å². The second-order valence-electron chi connectivity index (χ2n) is 8.52. The summed E-state index contributed by atoms with van der Waals surface area (Å²) in [7, 11) is 0.315. The summed E-state index contributed by atoms with van der Waals surface area (Å²) in [4.78, 5) is 9.55. The van der Waals surface area contributed by atoms with Crippen LogP contribution < -0.4 is 4.31 Å². The van der Waals surface area contributed by atoms with E-state index in [-0.39, 0.29) is 5.88 Å². The molecule has 1 aromatic heterocycles. The van der Waals surface area contributed by atoms with E-state index in [1.165, 1.54) is 22.7 Å². The number of hydrogen-bond donors (Lipinski definition) is 2. The quantitative estimate of drug-likeness (QED) is 0.353. The number of hydrogen-bond acceptors (Lipinski definition) is 5. The highest BCUT2D eigenvalue weighted by atomic mass is 32.2. The summed E-state index contributed by atoms with van der Waals surface area (Å²) >= 11 is 0. The maximum atomic E-state index is 13.8. The molecule has 7 nitrogen and oxygen atoms in total. The molecule has 0 radical (unpaired) electrons. The number of aromatic amines is 1. The normalized spacial score (nSPS) is 12.4. The lowest BCUT2D eigenvalue weighted by molar-refractivity contribution is 0.419. The highest BCUT2D eigenvalue weighted by molar-refractivity contribution is 7.92. The number of anilines is 1. The van der Waals surface area contributed by atoms with Crippen LogP contribution in [-0.2, 0) is 10.0 Å². The van der Waals surface area contributed by atoms with Gasteiger partial charge >= 0.3 is 0 Å². The highest BCUT2D eigenvalue weighted by Crippen LogP contribution is 2.32. The zero-order chi connectivity index (χ0) is 25.2. The zero-order valence-electron chi connectivity index (χ0n) is 19.7. The SMILES string of the molecule is CN(C)CCN(c1ccc(N=C(c2ccccc2)c2c(O)[nH]c3cc(F)ccc23)cc1)S(C)(=O)=O. The largest absolute Gasteiger partial charge is 0.494 e. The zero-order valence-corrected chi connectivity index (χ0v) is 20.6.